The third-order valence-electron chi connectivity index (χ3n) is 3.30. The molecule has 1 aliphatic rings. The van der Waals surface area contributed by atoms with Gasteiger partial charge < -0.3 is 14.7 Å². The SMILES string of the molecule is Cc1cc(C(=O)N2CC(C)OC(CO)C2)c(F)cc1F. The van der Waals surface area contributed by atoms with Crippen molar-refractivity contribution in [2.24, 2.45) is 0 Å². The van der Waals surface area contributed by atoms with Crippen molar-refractivity contribution in [3.63, 3.8) is 0 Å². The summed E-state index contributed by atoms with van der Waals surface area (Å²) in [4.78, 5) is 13.7. The minimum absolute atomic E-state index is 0.158. The lowest BCUT2D eigenvalue weighted by Gasteiger charge is -2.36. The first kappa shape index (κ1) is 14.9. The third-order valence-corrected chi connectivity index (χ3v) is 3.30. The van der Waals surface area contributed by atoms with Gasteiger partial charge in [0.15, 0.2) is 0 Å². The lowest BCUT2D eigenvalue weighted by molar-refractivity contribution is -0.0859. The van der Waals surface area contributed by atoms with Crippen molar-refractivity contribution in [2.75, 3.05) is 19.7 Å². The highest BCUT2D eigenvalue weighted by Crippen LogP contribution is 2.19. The molecule has 1 amide bonds. The number of halogens is 2. The smallest absolute Gasteiger partial charge is 0.257 e. The van der Waals surface area contributed by atoms with Crippen LogP contribution in [-0.2, 0) is 4.74 Å². The van der Waals surface area contributed by atoms with Crippen LogP contribution < -0.4 is 0 Å². The largest absolute Gasteiger partial charge is 0.394 e. The molecule has 0 spiro atoms. The Morgan fingerprint density at radius 3 is 2.75 bits per heavy atom. The van der Waals surface area contributed by atoms with Gasteiger partial charge in [-0.2, -0.15) is 0 Å². The topological polar surface area (TPSA) is 49.8 Å². The fourth-order valence-electron chi connectivity index (χ4n) is 2.30. The molecule has 4 nitrogen and oxygen atoms in total. The van der Waals surface area contributed by atoms with Gasteiger partial charge in [0.1, 0.15) is 11.6 Å². The van der Waals surface area contributed by atoms with Gasteiger partial charge in [0, 0.05) is 19.2 Å². The predicted octanol–water partition coefficient (Wildman–Crippen LogP) is 1.50. The molecule has 1 aromatic carbocycles. The number of aliphatic hydroxyl groups is 1. The minimum Gasteiger partial charge on any atom is -0.394 e. The Labute approximate surface area is 116 Å². The molecule has 1 N–H and O–H groups in total. The molecule has 0 aromatic heterocycles. The van der Waals surface area contributed by atoms with Crippen LogP contribution in [0.4, 0.5) is 8.78 Å². The number of carbonyl (C=O) groups excluding carboxylic acids is 1. The molecular weight excluding hydrogens is 268 g/mol. The number of carbonyl (C=O) groups is 1. The Balaban J connectivity index is 2.24. The number of ether oxygens (including phenoxy) is 1. The molecular formula is C14H17F2NO3. The molecule has 110 valence electrons. The molecule has 20 heavy (non-hydrogen) atoms. The number of hydrogen-bond acceptors (Lipinski definition) is 3. The molecule has 1 aromatic rings. The minimum atomic E-state index is -0.877. The van der Waals surface area contributed by atoms with Crippen LogP contribution in [0.2, 0.25) is 0 Å². The van der Waals surface area contributed by atoms with Gasteiger partial charge in [-0.1, -0.05) is 0 Å². The zero-order chi connectivity index (χ0) is 14.9. The third kappa shape index (κ3) is 2.96. The molecule has 0 aliphatic carbocycles. The summed E-state index contributed by atoms with van der Waals surface area (Å²) in [5.41, 5.74) is 0.0597. The van der Waals surface area contributed by atoms with Gasteiger partial charge in [0.25, 0.3) is 5.91 Å². The summed E-state index contributed by atoms with van der Waals surface area (Å²) in [6.07, 6.45) is -0.721. The quantitative estimate of drug-likeness (QED) is 0.896. The average molecular weight is 285 g/mol. The van der Waals surface area contributed by atoms with Crippen molar-refractivity contribution in [2.45, 2.75) is 26.1 Å². The van der Waals surface area contributed by atoms with Crippen LogP contribution in [0.15, 0.2) is 12.1 Å². The fourth-order valence-corrected chi connectivity index (χ4v) is 2.30. The Hall–Kier alpha value is -1.53. The van der Waals surface area contributed by atoms with Crippen LogP contribution in [-0.4, -0.2) is 47.8 Å². The average Bonchev–Trinajstić information content (AvgIpc) is 2.41. The molecule has 0 bridgehead atoms. The van der Waals surface area contributed by atoms with E-state index in [4.69, 9.17) is 9.84 Å². The monoisotopic (exact) mass is 285 g/mol. The Morgan fingerprint density at radius 2 is 2.10 bits per heavy atom. The van der Waals surface area contributed by atoms with Crippen molar-refractivity contribution in [3.8, 4) is 0 Å². The number of nitrogens with zero attached hydrogens (tertiary/aromatic N) is 1. The van der Waals surface area contributed by atoms with E-state index in [1.807, 2.05) is 0 Å². The van der Waals surface area contributed by atoms with Crippen molar-refractivity contribution < 1.29 is 23.4 Å². The van der Waals surface area contributed by atoms with Crippen molar-refractivity contribution in [1.29, 1.82) is 0 Å². The van der Waals surface area contributed by atoms with Crippen LogP contribution >= 0.6 is 0 Å². The van der Waals surface area contributed by atoms with Crippen LogP contribution in [0.3, 0.4) is 0 Å². The highest BCUT2D eigenvalue weighted by molar-refractivity contribution is 5.94. The van der Waals surface area contributed by atoms with E-state index >= 15 is 0 Å². The molecule has 1 aliphatic heterocycles. The zero-order valence-electron chi connectivity index (χ0n) is 11.4. The van der Waals surface area contributed by atoms with E-state index in [-0.39, 0.29) is 30.4 Å². The number of morpholine rings is 1. The highest BCUT2D eigenvalue weighted by atomic mass is 19.1. The summed E-state index contributed by atoms with van der Waals surface area (Å²) in [6.45, 7) is 3.54. The number of rotatable bonds is 2. The first-order chi connectivity index (χ1) is 9.42. The van der Waals surface area contributed by atoms with E-state index < -0.39 is 23.6 Å². The van der Waals surface area contributed by atoms with E-state index in [0.717, 1.165) is 6.07 Å². The predicted molar refractivity (Wildman–Crippen MR) is 68.4 cm³/mol. The second-order valence-corrected chi connectivity index (χ2v) is 5.04. The number of hydrogen-bond donors (Lipinski definition) is 1. The van der Waals surface area contributed by atoms with Crippen LogP contribution in [0, 0.1) is 18.6 Å². The van der Waals surface area contributed by atoms with Gasteiger partial charge in [0.2, 0.25) is 0 Å². The van der Waals surface area contributed by atoms with E-state index in [0.29, 0.717) is 6.54 Å². The maximum absolute atomic E-state index is 13.7. The summed E-state index contributed by atoms with van der Waals surface area (Å²) >= 11 is 0. The highest BCUT2D eigenvalue weighted by Gasteiger charge is 2.30. The molecule has 1 heterocycles. The van der Waals surface area contributed by atoms with Gasteiger partial charge in [-0.3, -0.25) is 4.79 Å². The summed E-state index contributed by atoms with van der Waals surface area (Å²) < 4.78 is 32.4. The Bertz CT molecular complexity index is 521. The second-order valence-electron chi connectivity index (χ2n) is 5.04. The first-order valence-electron chi connectivity index (χ1n) is 6.43. The normalized spacial score (nSPS) is 22.9. The number of aliphatic hydroxyl groups excluding tert-OH is 1. The molecule has 1 saturated heterocycles. The molecule has 6 heteroatoms. The van der Waals surface area contributed by atoms with E-state index in [1.165, 1.54) is 17.9 Å². The number of aryl methyl sites for hydroxylation is 1. The van der Waals surface area contributed by atoms with Crippen LogP contribution in [0.5, 0.6) is 0 Å². The molecule has 2 unspecified atom stereocenters. The van der Waals surface area contributed by atoms with Crippen LogP contribution in [0.25, 0.3) is 0 Å². The lowest BCUT2D eigenvalue weighted by atomic mass is 10.1. The maximum atomic E-state index is 13.7. The molecule has 0 radical (unpaired) electrons. The molecule has 2 rings (SSSR count). The molecule has 1 fully saturated rings. The van der Waals surface area contributed by atoms with Gasteiger partial charge in [0.05, 0.1) is 24.4 Å². The van der Waals surface area contributed by atoms with Gasteiger partial charge in [-0.15, -0.1) is 0 Å². The number of benzene rings is 1. The fraction of sp³-hybridized carbons (Fsp3) is 0.500. The van der Waals surface area contributed by atoms with Crippen LogP contribution in [0.1, 0.15) is 22.8 Å². The second kappa shape index (κ2) is 5.85. The van der Waals surface area contributed by atoms with E-state index in [2.05, 4.69) is 0 Å². The molecule has 0 saturated carbocycles. The van der Waals surface area contributed by atoms with Gasteiger partial charge in [-0.05, 0) is 25.5 Å². The van der Waals surface area contributed by atoms with Crippen molar-refractivity contribution >= 4 is 5.91 Å². The van der Waals surface area contributed by atoms with E-state index in [1.54, 1.807) is 6.92 Å². The first-order valence-corrected chi connectivity index (χ1v) is 6.43. The van der Waals surface area contributed by atoms with Gasteiger partial charge in [-0.25, -0.2) is 8.78 Å². The Morgan fingerprint density at radius 1 is 1.40 bits per heavy atom. The summed E-state index contributed by atoms with van der Waals surface area (Å²) in [5.74, 6) is -2.07. The lowest BCUT2D eigenvalue weighted by Crippen LogP contribution is -2.50. The number of amides is 1. The zero-order valence-corrected chi connectivity index (χ0v) is 11.4. The van der Waals surface area contributed by atoms with E-state index in [9.17, 15) is 13.6 Å². The summed E-state index contributed by atoms with van der Waals surface area (Å²) in [5, 5.41) is 9.13. The van der Waals surface area contributed by atoms with Gasteiger partial charge >= 0.3 is 0 Å². The maximum Gasteiger partial charge on any atom is 0.257 e. The summed E-state index contributed by atoms with van der Waals surface area (Å²) in [6, 6.07) is 1.93. The standard InChI is InChI=1S/C14H17F2NO3/c1-8-3-11(13(16)4-12(8)15)14(19)17-5-9(2)20-10(6-17)7-18/h3-4,9-10,18H,5-7H2,1-2H3. The molecule has 2 atom stereocenters. The summed E-state index contributed by atoms with van der Waals surface area (Å²) in [7, 11) is 0. The van der Waals surface area contributed by atoms with Crippen molar-refractivity contribution in [3.05, 3.63) is 34.9 Å². The van der Waals surface area contributed by atoms with Crippen molar-refractivity contribution in [1.82, 2.24) is 4.90 Å². The Kier molecular flexibility index (Phi) is 4.35.